The van der Waals surface area contributed by atoms with Crippen molar-refractivity contribution in [3.63, 3.8) is 0 Å². The lowest BCUT2D eigenvalue weighted by molar-refractivity contribution is -0.121. The van der Waals surface area contributed by atoms with Crippen LogP contribution in [-0.4, -0.2) is 34.3 Å². The van der Waals surface area contributed by atoms with E-state index < -0.39 is 0 Å². The number of aryl methyl sites for hydroxylation is 1. The van der Waals surface area contributed by atoms with Crippen LogP contribution in [0.2, 0.25) is 0 Å². The summed E-state index contributed by atoms with van der Waals surface area (Å²) in [6.45, 7) is 4.57. The average molecular weight is 236 g/mol. The highest BCUT2D eigenvalue weighted by molar-refractivity contribution is 5.75. The van der Waals surface area contributed by atoms with Gasteiger partial charge in [-0.15, -0.1) is 0 Å². The minimum absolute atomic E-state index is 0.0847. The lowest BCUT2D eigenvalue weighted by atomic mass is 10.0. The highest BCUT2D eigenvalue weighted by Crippen LogP contribution is 2.16. The van der Waals surface area contributed by atoms with Crippen LogP contribution in [0.5, 0.6) is 0 Å². The quantitative estimate of drug-likeness (QED) is 0.784. The van der Waals surface area contributed by atoms with Gasteiger partial charge in [-0.1, -0.05) is 0 Å². The molecular weight excluding hydrogens is 216 g/mol. The fourth-order valence-corrected chi connectivity index (χ4v) is 2.14. The fourth-order valence-electron chi connectivity index (χ4n) is 2.14. The maximum Gasteiger partial charge on any atom is 0.221 e. The number of carbonyl (C=O) groups is 1. The second-order valence-electron chi connectivity index (χ2n) is 4.89. The zero-order valence-corrected chi connectivity index (χ0v) is 10.3. The highest BCUT2D eigenvalue weighted by atomic mass is 16.1. The molecule has 94 valence electrons. The first-order valence-electron chi connectivity index (χ1n) is 6.17. The van der Waals surface area contributed by atoms with Crippen molar-refractivity contribution in [1.82, 2.24) is 20.4 Å². The molecule has 0 aliphatic carbocycles. The third kappa shape index (κ3) is 3.56. The molecule has 17 heavy (non-hydrogen) atoms. The van der Waals surface area contributed by atoms with Gasteiger partial charge in [0.2, 0.25) is 5.91 Å². The number of nitrogens with zero attached hydrogens (tertiary/aromatic N) is 2. The lowest BCUT2D eigenvalue weighted by Gasteiger charge is -2.24. The first-order chi connectivity index (χ1) is 8.18. The molecular formula is C12H20N4O. The Kier molecular flexibility index (Phi) is 3.78. The Bertz CT molecular complexity index is 355. The maximum absolute atomic E-state index is 11.7. The molecule has 1 aromatic heterocycles. The van der Waals surface area contributed by atoms with Crippen molar-refractivity contribution in [2.45, 2.75) is 38.3 Å². The number of hydrogen-bond acceptors (Lipinski definition) is 3. The third-order valence-corrected chi connectivity index (χ3v) is 3.26. The Balaban J connectivity index is 1.67. The summed E-state index contributed by atoms with van der Waals surface area (Å²) in [7, 11) is 0. The second-order valence-corrected chi connectivity index (χ2v) is 4.89. The summed E-state index contributed by atoms with van der Waals surface area (Å²) in [6, 6.07) is 1.86. The van der Waals surface area contributed by atoms with E-state index >= 15 is 0 Å². The van der Waals surface area contributed by atoms with Gasteiger partial charge in [0.25, 0.3) is 0 Å². The van der Waals surface area contributed by atoms with Crippen LogP contribution in [0.3, 0.4) is 0 Å². The molecule has 0 saturated carbocycles. The molecule has 5 nitrogen and oxygen atoms in total. The van der Waals surface area contributed by atoms with Crippen LogP contribution in [0.15, 0.2) is 18.5 Å². The van der Waals surface area contributed by atoms with Crippen LogP contribution in [0.4, 0.5) is 0 Å². The van der Waals surface area contributed by atoms with Gasteiger partial charge in [-0.25, -0.2) is 0 Å². The van der Waals surface area contributed by atoms with Crippen LogP contribution < -0.4 is 10.6 Å². The minimum Gasteiger partial charge on any atom is -0.354 e. The van der Waals surface area contributed by atoms with E-state index in [1.165, 1.54) is 6.42 Å². The monoisotopic (exact) mass is 236 g/mol. The van der Waals surface area contributed by atoms with Crippen molar-refractivity contribution in [3.8, 4) is 0 Å². The fraction of sp³-hybridized carbons (Fsp3) is 0.667. The summed E-state index contributed by atoms with van der Waals surface area (Å²) in [5.41, 5.74) is 0.0847. The molecule has 5 heteroatoms. The normalized spacial score (nSPS) is 23.8. The SMILES string of the molecule is CC1(CNC(=O)CCn2cccn2)CCCN1. The molecule has 1 aliphatic rings. The second kappa shape index (κ2) is 5.31. The molecule has 1 unspecified atom stereocenters. The summed E-state index contributed by atoms with van der Waals surface area (Å²) < 4.78 is 1.77. The van der Waals surface area contributed by atoms with E-state index in [0.29, 0.717) is 19.5 Å². The number of aromatic nitrogens is 2. The van der Waals surface area contributed by atoms with Crippen LogP contribution in [0, 0.1) is 0 Å². The van der Waals surface area contributed by atoms with Gasteiger partial charge in [-0.05, 0) is 32.4 Å². The van der Waals surface area contributed by atoms with Crippen molar-refractivity contribution in [3.05, 3.63) is 18.5 Å². The first-order valence-corrected chi connectivity index (χ1v) is 6.17. The number of nitrogens with one attached hydrogen (secondary N) is 2. The molecule has 2 rings (SSSR count). The molecule has 0 radical (unpaired) electrons. The highest BCUT2D eigenvalue weighted by Gasteiger charge is 2.27. The molecule has 1 amide bonds. The molecule has 2 heterocycles. The number of carbonyl (C=O) groups excluding carboxylic acids is 1. The molecule has 0 aromatic carbocycles. The van der Waals surface area contributed by atoms with Crippen molar-refractivity contribution in [1.29, 1.82) is 0 Å². The zero-order valence-electron chi connectivity index (χ0n) is 10.3. The Hall–Kier alpha value is -1.36. The van der Waals surface area contributed by atoms with Crippen molar-refractivity contribution < 1.29 is 4.79 Å². The van der Waals surface area contributed by atoms with Crippen LogP contribution in [-0.2, 0) is 11.3 Å². The lowest BCUT2D eigenvalue weighted by Crippen LogP contribution is -2.47. The van der Waals surface area contributed by atoms with E-state index in [2.05, 4.69) is 22.7 Å². The van der Waals surface area contributed by atoms with E-state index in [1.807, 2.05) is 12.3 Å². The summed E-state index contributed by atoms with van der Waals surface area (Å²) in [5, 5.41) is 10.5. The van der Waals surface area contributed by atoms with E-state index in [-0.39, 0.29) is 11.4 Å². The average Bonchev–Trinajstić information content (AvgIpc) is 2.95. The van der Waals surface area contributed by atoms with Crippen LogP contribution in [0.25, 0.3) is 0 Å². The molecule has 1 aromatic rings. The number of amides is 1. The van der Waals surface area contributed by atoms with E-state index in [0.717, 1.165) is 13.0 Å². The summed E-state index contributed by atoms with van der Waals surface area (Å²) in [5.74, 6) is 0.0930. The summed E-state index contributed by atoms with van der Waals surface area (Å²) in [4.78, 5) is 11.7. The van der Waals surface area contributed by atoms with Gasteiger partial charge < -0.3 is 10.6 Å². The third-order valence-electron chi connectivity index (χ3n) is 3.26. The standard InChI is InChI=1S/C12H20N4O/c1-12(5-2-6-14-12)10-13-11(17)4-9-16-8-3-7-15-16/h3,7-8,14H,2,4-6,9-10H2,1H3,(H,13,17). The smallest absolute Gasteiger partial charge is 0.221 e. The first kappa shape index (κ1) is 12.1. The Labute approximate surface area is 102 Å². The topological polar surface area (TPSA) is 59.0 Å². The van der Waals surface area contributed by atoms with Crippen molar-refractivity contribution in [2.75, 3.05) is 13.1 Å². The Morgan fingerprint density at radius 3 is 3.18 bits per heavy atom. The predicted octanol–water partition coefficient (Wildman–Crippen LogP) is 0.531. The van der Waals surface area contributed by atoms with Gasteiger partial charge in [0.15, 0.2) is 0 Å². The molecule has 1 saturated heterocycles. The van der Waals surface area contributed by atoms with Crippen LogP contribution in [0.1, 0.15) is 26.2 Å². The van der Waals surface area contributed by atoms with Crippen molar-refractivity contribution in [2.24, 2.45) is 0 Å². The summed E-state index contributed by atoms with van der Waals surface area (Å²) in [6.07, 6.45) is 6.40. The van der Waals surface area contributed by atoms with Gasteiger partial charge in [0.1, 0.15) is 0 Å². The molecule has 1 atom stereocenters. The molecule has 1 fully saturated rings. The predicted molar refractivity (Wildman–Crippen MR) is 65.5 cm³/mol. The molecule has 2 N–H and O–H groups in total. The zero-order chi connectivity index (χ0) is 12.1. The van der Waals surface area contributed by atoms with E-state index in [9.17, 15) is 4.79 Å². The van der Waals surface area contributed by atoms with E-state index in [4.69, 9.17) is 0 Å². The molecule has 0 spiro atoms. The maximum atomic E-state index is 11.7. The molecule has 1 aliphatic heterocycles. The minimum atomic E-state index is 0.0847. The van der Waals surface area contributed by atoms with Crippen molar-refractivity contribution >= 4 is 5.91 Å². The van der Waals surface area contributed by atoms with Gasteiger partial charge in [-0.3, -0.25) is 9.48 Å². The van der Waals surface area contributed by atoms with Gasteiger partial charge in [-0.2, -0.15) is 5.10 Å². The van der Waals surface area contributed by atoms with Crippen LogP contribution >= 0.6 is 0 Å². The Morgan fingerprint density at radius 1 is 1.65 bits per heavy atom. The number of rotatable bonds is 5. The van der Waals surface area contributed by atoms with Gasteiger partial charge >= 0.3 is 0 Å². The van der Waals surface area contributed by atoms with Gasteiger partial charge in [0.05, 0.1) is 0 Å². The largest absolute Gasteiger partial charge is 0.354 e. The summed E-state index contributed by atoms with van der Waals surface area (Å²) >= 11 is 0. The Morgan fingerprint density at radius 2 is 2.53 bits per heavy atom. The molecule has 0 bridgehead atoms. The number of hydrogen-bond donors (Lipinski definition) is 2. The van der Waals surface area contributed by atoms with E-state index in [1.54, 1.807) is 10.9 Å². The van der Waals surface area contributed by atoms with Gasteiger partial charge in [0, 0.05) is 37.4 Å².